The lowest BCUT2D eigenvalue weighted by atomic mass is 10.0. The number of nitrogens with one attached hydrogen (secondary N) is 1. The zero-order chi connectivity index (χ0) is 16.9. The summed E-state index contributed by atoms with van der Waals surface area (Å²) in [6.07, 6.45) is 5.68. The highest BCUT2D eigenvalue weighted by atomic mass is 19.1. The largest absolute Gasteiger partial charge is 0.348 e. The van der Waals surface area contributed by atoms with Crippen LogP contribution in [0.3, 0.4) is 0 Å². The van der Waals surface area contributed by atoms with Crippen LogP contribution in [-0.2, 0) is 0 Å². The highest BCUT2D eigenvalue weighted by Crippen LogP contribution is 2.15. The van der Waals surface area contributed by atoms with Gasteiger partial charge < -0.3 is 10.2 Å². The smallest absolute Gasteiger partial charge is 0.271 e. The second-order valence-electron chi connectivity index (χ2n) is 5.64. The standard InChI is InChI=1S/C17H17FN4O2/c18-13-3-1-2-12(10-13)17(24)22-8-4-14(5-9-22)21-16(23)15-11-19-6-7-20-15/h1-3,6-7,10-11,14H,4-5,8-9H2,(H,21,23). The molecule has 6 nitrogen and oxygen atoms in total. The molecule has 3 rings (SSSR count). The molecule has 2 amide bonds. The van der Waals surface area contributed by atoms with Crippen molar-refractivity contribution < 1.29 is 14.0 Å². The van der Waals surface area contributed by atoms with Gasteiger partial charge in [0.25, 0.3) is 11.8 Å². The molecule has 0 saturated carbocycles. The third-order valence-corrected chi connectivity index (χ3v) is 3.98. The van der Waals surface area contributed by atoms with E-state index in [4.69, 9.17) is 0 Å². The molecule has 1 N–H and O–H groups in total. The van der Waals surface area contributed by atoms with Gasteiger partial charge in [-0.25, -0.2) is 9.37 Å². The lowest BCUT2D eigenvalue weighted by Crippen LogP contribution is -2.46. The molecule has 0 aliphatic carbocycles. The third-order valence-electron chi connectivity index (χ3n) is 3.98. The van der Waals surface area contributed by atoms with Gasteiger partial charge in [-0.15, -0.1) is 0 Å². The molecule has 1 aliphatic rings. The van der Waals surface area contributed by atoms with E-state index >= 15 is 0 Å². The fourth-order valence-electron chi connectivity index (χ4n) is 2.71. The maximum atomic E-state index is 13.2. The Morgan fingerprint density at radius 3 is 2.67 bits per heavy atom. The average Bonchev–Trinajstić information content (AvgIpc) is 2.62. The summed E-state index contributed by atoms with van der Waals surface area (Å²) >= 11 is 0. The van der Waals surface area contributed by atoms with Gasteiger partial charge >= 0.3 is 0 Å². The van der Waals surface area contributed by atoms with E-state index in [0.717, 1.165) is 0 Å². The Morgan fingerprint density at radius 1 is 1.21 bits per heavy atom. The van der Waals surface area contributed by atoms with Crippen LogP contribution in [0.2, 0.25) is 0 Å². The molecule has 1 fully saturated rings. The maximum absolute atomic E-state index is 13.2. The summed E-state index contributed by atoms with van der Waals surface area (Å²) < 4.78 is 13.2. The van der Waals surface area contributed by atoms with E-state index < -0.39 is 5.82 Å². The second-order valence-corrected chi connectivity index (χ2v) is 5.64. The summed E-state index contributed by atoms with van der Waals surface area (Å²) in [6, 6.07) is 5.66. The van der Waals surface area contributed by atoms with E-state index in [1.54, 1.807) is 11.0 Å². The number of hydrogen-bond donors (Lipinski definition) is 1. The molecule has 0 radical (unpaired) electrons. The minimum Gasteiger partial charge on any atom is -0.348 e. The van der Waals surface area contributed by atoms with Crippen molar-refractivity contribution in [2.75, 3.05) is 13.1 Å². The minimum atomic E-state index is -0.424. The van der Waals surface area contributed by atoms with Gasteiger partial charge in [0.05, 0.1) is 6.20 Å². The van der Waals surface area contributed by atoms with Crippen LogP contribution in [0.5, 0.6) is 0 Å². The number of rotatable bonds is 3. The number of nitrogens with zero attached hydrogens (tertiary/aromatic N) is 3. The Balaban J connectivity index is 1.54. The lowest BCUT2D eigenvalue weighted by Gasteiger charge is -2.32. The Bertz CT molecular complexity index is 730. The van der Waals surface area contributed by atoms with Crippen molar-refractivity contribution in [1.29, 1.82) is 0 Å². The number of hydrogen-bond acceptors (Lipinski definition) is 4. The molecule has 7 heteroatoms. The maximum Gasteiger partial charge on any atom is 0.271 e. The lowest BCUT2D eigenvalue weighted by molar-refractivity contribution is 0.0697. The van der Waals surface area contributed by atoms with E-state index in [0.29, 0.717) is 31.5 Å². The molecule has 1 aliphatic heterocycles. The highest BCUT2D eigenvalue weighted by Gasteiger charge is 2.25. The fourth-order valence-corrected chi connectivity index (χ4v) is 2.71. The summed E-state index contributed by atoms with van der Waals surface area (Å²) in [6.45, 7) is 1.03. The SMILES string of the molecule is O=C(NC1CCN(C(=O)c2cccc(F)c2)CC1)c1cnccn1. The van der Waals surface area contributed by atoms with E-state index in [1.165, 1.54) is 36.8 Å². The number of amides is 2. The molecule has 0 bridgehead atoms. The van der Waals surface area contributed by atoms with Gasteiger partial charge in [-0.1, -0.05) is 6.07 Å². The molecule has 0 spiro atoms. The van der Waals surface area contributed by atoms with Crippen molar-refractivity contribution in [3.05, 3.63) is 59.9 Å². The van der Waals surface area contributed by atoms with E-state index in [1.807, 2.05) is 0 Å². The van der Waals surface area contributed by atoms with E-state index in [-0.39, 0.29) is 23.6 Å². The normalized spacial score (nSPS) is 15.1. The average molecular weight is 328 g/mol. The molecular formula is C17H17FN4O2. The molecule has 2 heterocycles. The molecule has 1 aromatic heterocycles. The van der Waals surface area contributed by atoms with Crippen LogP contribution >= 0.6 is 0 Å². The minimum absolute atomic E-state index is 0.0175. The van der Waals surface area contributed by atoms with Crippen LogP contribution < -0.4 is 5.32 Å². The number of halogens is 1. The molecule has 2 aromatic rings. The van der Waals surface area contributed by atoms with Crippen molar-refractivity contribution in [2.45, 2.75) is 18.9 Å². The summed E-state index contributed by atoms with van der Waals surface area (Å²) in [5.74, 6) is -0.877. The Morgan fingerprint density at radius 2 is 2.00 bits per heavy atom. The molecule has 1 saturated heterocycles. The fraction of sp³-hybridized carbons (Fsp3) is 0.294. The number of likely N-dealkylation sites (tertiary alicyclic amines) is 1. The number of benzene rings is 1. The first kappa shape index (κ1) is 16.0. The molecule has 0 unspecified atom stereocenters. The number of piperidine rings is 1. The van der Waals surface area contributed by atoms with Gasteiger partial charge in [-0.3, -0.25) is 14.6 Å². The van der Waals surface area contributed by atoms with Crippen molar-refractivity contribution in [3.8, 4) is 0 Å². The van der Waals surface area contributed by atoms with Gasteiger partial charge in [0.1, 0.15) is 11.5 Å². The highest BCUT2D eigenvalue weighted by molar-refractivity contribution is 5.94. The topological polar surface area (TPSA) is 75.2 Å². The number of carbonyl (C=O) groups is 2. The first-order chi connectivity index (χ1) is 11.6. The predicted octanol–water partition coefficient (Wildman–Crippen LogP) is 1.65. The Labute approximate surface area is 138 Å². The summed E-state index contributed by atoms with van der Waals surface area (Å²) in [5.41, 5.74) is 0.618. The van der Waals surface area contributed by atoms with Gasteiger partial charge in [0.15, 0.2) is 0 Å². The third kappa shape index (κ3) is 3.73. The number of aromatic nitrogens is 2. The van der Waals surface area contributed by atoms with Crippen molar-refractivity contribution in [3.63, 3.8) is 0 Å². The predicted molar refractivity (Wildman–Crippen MR) is 84.8 cm³/mol. The number of carbonyl (C=O) groups excluding carboxylic acids is 2. The molecule has 0 atom stereocenters. The van der Waals surface area contributed by atoms with Crippen LogP contribution in [0.25, 0.3) is 0 Å². The van der Waals surface area contributed by atoms with Crippen LogP contribution in [-0.4, -0.2) is 45.8 Å². The summed E-state index contributed by atoms with van der Waals surface area (Å²) in [4.78, 5) is 33.9. The van der Waals surface area contributed by atoms with Crippen molar-refractivity contribution in [1.82, 2.24) is 20.2 Å². The zero-order valence-corrected chi connectivity index (χ0v) is 13.0. The monoisotopic (exact) mass is 328 g/mol. The van der Waals surface area contributed by atoms with Crippen LogP contribution in [0.15, 0.2) is 42.9 Å². The van der Waals surface area contributed by atoms with Crippen molar-refractivity contribution in [2.24, 2.45) is 0 Å². The van der Waals surface area contributed by atoms with Gasteiger partial charge in [0.2, 0.25) is 0 Å². The van der Waals surface area contributed by atoms with Gasteiger partial charge in [0, 0.05) is 37.1 Å². The van der Waals surface area contributed by atoms with Crippen LogP contribution in [0.4, 0.5) is 4.39 Å². The quantitative estimate of drug-likeness (QED) is 0.930. The van der Waals surface area contributed by atoms with E-state index in [9.17, 15) is 14.0 Å². The molecule has 24 heavy (non-hydrogen) atoms. The summed E-state index contributed by atoms with van der Waals surface area (Å²) in [5, 5.41) is 2.90. The zero-order valence-electron chi connectivity index (χ0n) is 13.0. The Kier molecular flexibility index (Phi) is 4.79. The molecule has 124 valence electrons. The van der Waals surface area contributed by atoms with E-state index in [2.05, 4.69) is 15.3 Å². The second kappa shape index (κ2) is 7.16. The first-order valence-electron chi connectivity index (χ1n) is 7.75. The summed E-state index contributed by atoms with van der Waals surface area (Å²) in [7, 11) is 0. The van der Waals surface area contributed by atoms with Crippen LogP contribution in [0, 0.1) is 5.82 Å². The molecule has 1 aromatic carbocycles. The first-order valence-corrected chi connectivity index (χ1v) is 7.75. The Hall–Kier alpha value is -2.83. The van der Waals surface area contributed by atoms with Gasteiger partial charge in [-0.05, 0) is 31.0 Å². The van der Waals surface area contributed by atoms with Crippen LogP contribution in [0.1, 0.15) is 33.7 Å². The van der Waals surface area contributed by atoms with Gasteiger partial charge in [-0.2, -0.15) is 0 Å². The van der Waals surface area contributed by atoms with Crippen molar-refractivity contribution >= 4 is 11.8 Å². The molecular weight excluding hydrogens is 311 g/mol.